The van der Waals surface area contributed by atoms with Gasteiger partial charge in [0.15, 0.2) is 0 Å². The van der Waals surface area contributed by atoms with Crippen molar-refractivity contribution in [2.45, 2.75) is 44.8 Å². The summed E-state index contributed by atoms with van der Waals surface area (Å²) in [6.07, 6.45) is -0.289. The number of hydrogen-bond donors (Lipinski definition) is 1. The molecule has 0 bridgehead atoms. The molecule has 1 fully saturated rings. The molecule has 0 spiro atoms. The molecule has 2 rings (SSSR count). The van der Waals surface area contributed by atoms with Crippen LogP contribution in [0.2, 0.25) is 0 Å². The van der Waals surface area contributed by atoms with Crippen LogP contribution in [-0.4, -0.2) is 76.0 Å². The first-order valence-corrected chi connectivity index (χ1v) is 11.0. The molecule has 2 atom stereocenters. The summed E-state index contributed by atoms with van der Waals surface area (Å²) in [5.41, 5.74) is 0.384. The number of amides is 1. The zero-order valence-electron chi connectivity index (χ0n) is 17.7. The fourth-order valence-corrected chi connectivity index (χ4v) is 5.18. The summed E-state index contributed by atoms with van der Waals surface area (Å²) >= 11 is 0. The van der Waals surface area contributed by atoms with Gasteiger partial charge in [0.1, 0.15) is 0 Å². The minimum absolute atomic E-state index is 0.0633. The number of ether oxygens (including phenoxy) is 1. The van der Waals surface area contributed by atoms with E-state index in [0.717, 1.165) is 6.54 Å². The third-order valence-corrected chi connectivity index (χ3v) is 6.46. The standard InChI is InChI=1S/C20H33N3O4S/c1-15-11-23(12-16(2)27-15)28(25,26)18-9-7-17(8-10-18)19(24)21-13-20(3,4)14-22(5)6/h7-10,15-16H,11-14H2,1-6H3,(H,21,24)/t15-,16+. The molecule has 1 aliphatic heterocycles. The highest BCUT2D eigenvalue weighted by Gasteiger charge is 2.32. The normalized spacial score (nSPS) is 21.7. The SMILES string of the molecule is C[C@@H]1CN(S(=O)(=O)c2ccc(C(=O)NCC(C)(C)CN(C)C)cc2)C[C@H](C)O1. The number of carbonyl (C=O) groups excluding carboxylic acids is 1. The monoisotopic (exact) mass is 411 g/mol. The summed E-state index contributed by atoms with van der Waals surface area (Å²) < 4.78 is 32.8. The molecule has 1 heterocycles. The van der Waals surface area contributed by atoms with E-state index >= 15 is 0 Å². The molecule has 0 saturated carbocycles. The summed E-state index contributed by atoms with van der Waals surface area (Å²) in [5, 5.41) is 2.94. The highest BCUT2D eigenvalue weighted by Crippen LogP contribution is 2.21. The minimum atomic E-state index is -3.60. The maximum Gasteiger partial charge on any atom is 0.251 e. The zero-order chi connectivity index (χ0) is 21.1. The lowest BCUT2D eigenvalue weighted by Gasteiger charge is -2.34. The highest BCUT2D eigenvalue weighted by atomic mass is 32.2. The van der Waals surface area contributed by atoms with E-state index in [-0.39, 0.29) is 28.4 Å². The van der Waals surface area contributed by atoms with Crippen molar-refractivity contribution in [3.63, 3.8) is 0 Å². The lowest BCUT2D eigenvalue weighted by molar-refractivity contribution is -0.0440. The van der Waals surface area contributed by atoms with Gasteiger partial charge in [0.2, 0.25) is 10.0 Å². The molecule has 1 saturated heterocycles. The second-order valence-electron chi connectivity index (χ2n) is 8.69. The van der Waals surface area contributed by atoms with Crippen molar-refractivity contribution in [1.29, 1.82) is 0 Å². The van der Waals surface area contributed by atoms with E-state index in [1.54, 1.807) is 12.1 Å². The van der Waals surface area contributed by atoms with Crippen molar-refractivity contribution < 1.29 is 17.9 Å². The quantitative estimate of drug-likeness (QED) is 0.740. The van der Waals surface area contributed by atoms with Gasteiger partial charge in [-0.1, -0.05) is 13.8 Å². The van der Waals surface area contributed by atoms with Gasteiger partial charge < -0.3 is 15.0 Å². The minimum Gasteiger partial charge on any atom is -0.373 e. The predicted molar refractivity (Wildman–Crippen MR) is 110 cm³/mol. The largest absolute Gasteiger partial charge is 0.373 e. The van der Waals surface area contributed by atoms with E-state index in [0.29, 0.717) is 25.2 Å². The fraction of sp³-hybridized carbons (Fsp3) is 0.650. The Hall–Kier alpha value is -1.48. The summed E-state index contributed by atoms with van der Waals surface area (Å²) in [6, 6.07) is 6.13. The van der Waals surface area contributed by atoms with Crippen LogP contribution in [0.3, 0.4) is 0 Å². The van der Waals surface area contributed by atoms with Crippen molar-refractivity contribution >= 4 is 15.9 Å². The molecule has 1 aromatic carbocycles. The van der Waals surface area contributed by atoms with Gasteiger partial charge in [0.05, 0.1) is 17.1 Å². The average Bonchev–Trinajstić information content (AvgIpc) is 2.58. The van der Waals surface area contributed by atoms with Crippen molar-refractivity contribution in [2.24, 2.45) is 5.41 Å². The van der Waals surface area contributed by atoms with Gasteiger partial charge in [0, 0.05) is 31.7 Å². The third-order valence-electron chi connectivity index (χ3n) is 4.61. The van der Waals surface area contributed by atoms with Gasteiger partial charge in [-0.2, -0.15) is 4.31 Å². The number of rotatable bonds is 7. The second-order valence-corrected chi connectivity index (χ2v) is 10.6. The van der Waals surface area contributed by atoms with Crippen LogP contribution in [0, 0.1) is 5.41 Å². The molecule has 158 valence electrons. The van der Waals surface area contributed by atoms with E-state index < -0.39 is 10.0 Å². The molecular weight excluding hydrogens is 378 g/mol. The highest BCUT2D eigenvalue weighted by molar-refractivity contribution is 7.89. The van der Waals surface area contributed by atoms with E-state index in [1.165, 1.54) is 16.4 Å². The van der Waals surface area contributed by atoms with Gasteiger partial charge in [-0.25, -0.2) is 8.42 Å². The van der Waals surface area contributed by atoms with Crippen LogP contribution < -0.4 is 5.32 Å². The summed E-state index contributed by atoms with van der Waals surface area (Å²) in [6.45, 7) is 9.95. The Bertz CT molecular complexity index is 765. The van der Waals surface area contributed by atoms with Crippen molar-refractivity contribution in [3.8, 4) is 0 Å². The second kappa shape index (κ2) is 8.90. The molecule has 1 N–H and O–H groups in total. The Kier molecular flexibility index (Phi) is 7.25. The van der Waals surface area contributed by atoms with Crippen LogP contribution in [0.25, 0.3) is 0 Å². The van der Waals surface area contributed by atoms with Gasteiger partial charge in [0.25, 0.3) is 5.91 Å². The third kappa shape index (κ3) is 6.01. The molecule has 0 unspecified atom stereocenters. The van der Waals surface area contributed by atoms with Crippen LogP contribution in [0.4, 0.5) is 0 Å². The van der Waals surface area contributed by atoms with Crippen LogP contribution in [-0.2, 0) is 14.8 Å². The number of benzene rings is 1. The lowest BCUT2D eigenvalue weighted by atomic mass is 9.93. The van der Waals surface area contributed by atoms with Gasteiger partial charge in [-0.15, -0.1) is 0 Å². The van der Waals surface area contributed by atoms with E-state index in [9.17, 15) is 13.2 Å². The molecule has 1 aliphatic rings. The van der Waals surface area contributed by atoms with E-state index in [1.807, 2.05) is 27.9 Å². The molecule has 0 aromatic heterocycles. The maximum atomic E-state index is 12.9. The zero-order valence-corrected chi connectivity index (χ0v) is 18.5. The molecule has 7 nitrogen and oxygen atoms in total. The Morgan fingerprint density at radius 2 is 1.71 bits per heavy atom. The summed E-state index contributed by atoms with van der Waals surface area (Å²) in [4.78, 5) is 14.7. The molecule has 28 heavy (non-hydrogen) atoms. The van der Waals surface area contributed by atoms with Gasteiger partial charge in [-0.05, 0) is 57.6 Å². The van der Waals surface area contributed by atoms with E-state index in [4.69, 9.17) is 4.74 Å². The number of nitrogens with one attached hydrogen (secondary N) is 1. The van der Waals surface area contributed by atoms with Gasteiger partial charge >= 0.3 is 0 Å². The van der Waals surface area contributed by atoms with Crippen LogP contribution in [0.15, 0.2) is 29.2 Å². The molecular formula is C20H33N3O4S. The summed E-state index contributed by atoms with van der Waals surface area (Å²) in [7, 11) is 0.394. The Morgan fingerprint density at radius 1 is 1.18 bits per heavy atom. The van der Waals surface area contributed by atoms with Crippen LogP contribution >= 0.6 is 0 Å². The maximum absolute atomic E-state index is 12.9. The van der Waals surface area contributed by atoms with Crippen LogP contribution in [0.5, 0.6) is 0 Å². The van der Waals surface area contributed by atoms with Gasteiger partial charge in [-0.3, -0.25) is 4.79 Å². The molecule has 1 aromatic rings. The number of morpholine rings is 1. The number of nitrogens with zero attached hydrogens (tertiary/aromatic N) is 2. The molecule has 1 amide bonds. The number of sulfonamides is 1. The molecule has 0 aliphatic carbocycles. The Balaban J connectivity index is 2.05. The summed E-state index contributed by atoms with van der Waals surface area (Å²) in [5.74, 6) is -0.204. The fourth-order valence-electron chi connectivity index (χ4n) is 3.59. The van der Waals surface area contributed by atoms with Crippen molar-refractivity contribution in [3.05, 3.63) is 29.8 Å². The first kappa shape index (κ1) is 22.8. The average molecular weight is 412 g/mol. The first-order valence-electron chi connectivity index (χ1n) is 9.59. The molecule has 0 radical (unpaired) electrons. The predicted octanol–water partition coefficient (Wildman–Crippen LogP) is 1.80. The lowest BCUT2D eigenvalue weighted by Crippen LogP contribution is -2.48. The van der Waals surface area contributed by atoms with E-state index in [2.05, 4.69) is 24.1 Å². The van der Waals surface area contributed by atoms with Crippen molar-refractivity contribution in [1.82, 2.24) is 14.5 Å². The number of carbonyl (C=O) groups is 1. The Labute approximate surface area is 169 Å². The smallest absolute Gasteiger partial charge is 0.251 e. The van der Waals surface area contributed by atoms with Crippen LogP contribution in [0.1, 0.15) is 38.1 Å². The van der Waals surface area contributed by atoms with Crippen molar-refractivity contribution in [2.75, 3.05) is 40.3 Å². The Morgan fingerprint density at radius 3 is 2.21 bits per heavy atom. The topological polar surface area (TPSA) is 79.0 Å². The number of hydrogen-bond acceptors (Lipinski definition) is 5. The molecule has 8 heteroatoms. The first-order chi connectivity index (χ1) is 12.9.